The van der Waals surface area contributed by atoms with Crippen LogP contribution in [-0.4, -0.2) is 104 Å². The first kappa shape index (κ1) is 40.2. The largest absolute Gasteiger partial charge is 0.448 e. The fraction of sp³-hybridized carbons (Fsp3) is 0.500. The first-order valence-electron chi connectivity index (χ1n) is 16.3. The lowest BCUT2D eigenvalue weighted by atomic mass is 9.94. The summed E-state index contributed by atoms with van der Waals surface area (Å²) >= 11 is 0. The lowest BCUT2D eigenvalue weighted by Crippen LogP contribution is -2.53. The average molecular weight is 681 g/mol. The molecule has 2 aromatic carbocycles. The Morgan fingerprint density at radius 2 is 1.06 bits per heavy atom. The lowest BCUT2D eigenvalue weighted by molar-refractivity contribution is -0.144. The molecule has 0 fully saturated rings. The number of amides is 6. The zero-order chi connectivity index (χ0) is 37.2. The van der Waals surface area contributed by atoms with Gasteiger partial charge >= 0.3 is 6.09 Å². The third-order valence-corrected chi connectivity index (χ3v) is 8.50. The normalized spacial score (nSPS) is 14.2. The average Bonchev–Trinajstić information content (AvgIpc) is 3.41. The van der Waals surface area contributed by atoms with Crippen molar-refractivity contribution in [3.05, 3.63) is 59.7 Å². The Labute approximate surface area is 289 Å². The Hall–Kier alpha value is -4.94. The molecule has 268 valence electrons. The predicted octanol–water partition coefficient (Wildman–Crippen LogP) is 2.64. The molecular formula is C36H52N6O7. The van der Waals surface area contributed by atoms with Gasteiger partial charge in [-0.3, -0.25) is 28.9 Å². The van der Waals surface area contributed by atoms with E-state index in [1.165, 1.54) is 30.9 Å². The van der Waals surface area contributed by atoms with Gasteiger partial charge in [0, 0.05) is 39.5 Å². The summed E-state index contributed by atoms with van der Waals surface area (Å²) in [6.07, 6.45) is -0.591. The Morgan fingerprint density at radius 3 is 1.45 bits per heavy atom. The summed E-state index contributed by atoms with van der Waals surface area (Å²) in [5.41, 5.74) is 4.01. The summed E-state index contributed by atoms with van der Waals surface area (Å²) < 4.78 is 5.57. The van der Waals surface area contributed by atoms with Crippen LogP contribution in [0.1, 0.15) is 65.5 Å². The Morgan fingerprint density at radius 1 is 0.673 bits per heavy atom. The van der Waals surface area contributed by atoms with Crippen LogP contribution in [0.15, 0.2) is 48.5 Å². The summed E-state index contributed by atoms with van der Waals surface area (Å²) in [5.74, 6) is -1.53. The minimum Gasteiger partial charge on any atom is -0.448 e. The van der Waals surface area contributed by atoms with E-state index in [1.54, 1.807) is 55.5 Å². The number of carbonyl (C=O) groups is 6. The summed E-state index contributed by atoms with van der Waals surface area (Å²) in [6, 6.07) is 13.5. The van der Waals surface area contributed by atoms with Crippen LogP contribution in [0.2, 0.25) is 0 Å². The van der Waals surface area contributed by atoms with Gasteiger partial charge in [-0.1, -0.05) is 69.3 Å². The van der Waals surface area contributed by atoms with E-state index >= 15 is 0 Å². The molecule has 0 saturated heterocycles. The molecule has 1 aliphatic carbocycles. The third kappa shape index (κ3) is 10.3. The smallest absolute Gasteiger partial charge is 0.410 e. The first-order chi connectivity index (χ1) is 22.9. The SMILES string of the molecule is CNC(=O)C(C)NC(=O)C(C)N(C)C(=O)C(C)(C)C.CNC(=O)C(C)NC(=O)C(C)N(C)C(=O)OCC1c2ccccc2-c2ccccc21. The zero-order valence-electron chi connectivity index (χ0n) is 30.5. The van der Waals surface area contributed by atoms with E-state index in [2.05, 4.69) is 33.4 Å². The second-order valence-electron chi connectivity index (χ2n) is 13.1. The maximum Gasteiger partial charge on any atom is 0.410 e. The van der Waals surface area contributed by atoms with E-state index in [0.717, 1.165) is 22.3 Å². The number of nitrogens with zero attached hydrogens (tertiary/aromatic N) is 2. The Bertz CT molecular complexity index is 1480. The predicted molar refractivity (Wildman–Crippen MR) is 187 cm³/mol. The molecule has 4 N–H and O–H groups in total. The molecule has 13 nitrogen and oxygen atoms in total. The molecule has 4 atom stereocenters. The van der Waals surface area contributed by atoms with Crippen LogP contribution >= 0.6 is 0 Å². The van der Waals surface area contributed by atoms with E-state index in [0.29, 0.717) is 0 Å². The fourth-order valence-electron chi connectivity index (χ4n) is 5.14. The van der Waals surface area contributed by atoms with Gasteiger partial charge in [-0.2, -0.15) is 0 Å². The molecule has 0 bridgehead atoms. The highest BCUT2D eigenvalue weighted by atomic mass is 16.6. The van der Waals surface area contributed by atoms with Crippen molar-refractivity contribution >= 4 is 35.6 Å². The van der Waals surface area contributed by atoms with Gasteiger partial charge in [0.1, 0.15) is 30.8 Å². The van der Waals surface area contributed by atoms with Crippen LogP contribution in [0.3, 0.4) is 0 Å². The van der Waals surface area contributed by atoms with Crippen LogP contribution in [0, 0.1) is 5.41 Å². The number of ether oxygens (including phenoxy) is 1. The van der Waals surface area contributed by atoms with Crippen molar-refractivity contribution in [2.24, 2.45) is 5.41 Å². The van der Waals surface area contributed by atoms with E-state index < -0.39 is 41.6 Å². The maximum atomic E-state index is 12.6. The lowest BCUT2D eigenvalue weighted by Gasteiger charge is -2.30. The van der Waals surface area contributed by atoms with E-state index in [-0.39, 0.29) is 36.2 Å². The fourth-order valence-corrected chi connectivity index (χ4v) is 5.14. The summed E-state index contributed by atoms with van der Waals surface area (Å²) in [4.78, 5) is 74.5. The number of rotatable bonds is 10. The van der Waals surface area contributed by atoms with Gasteiger partial charge in [0.25, 0.3) is 0 Å². The van der Waals surface area contributed by atoms with E-state index in [1.807, 2.05) is 36.4 Å². The van der Waals surface area contributed by atoms with Crippen LogP contribution < -0.4 is 21.3 Å². The Balaban J connectivity index is 0.000000381. The van der Waals surface area contributed by atoms with Gasteiger partial charge in [-0.25, -0.2) is 4.79 Å². The molecule has 0 saturated carbocycles. The van der Waals surface area contributed by atoms with Gasteiger partial charge in [-0.05, 0) is 49.9 Å². The monoisotopic (exact) mass is 680 g/mol. The highest BCUT2D eigenvalue weighted by molar-refractivity contribution is 5.93. The summed E-state index contributed by atoms with van der Waals surface area (Å²) in [5, 5.41) is 10.1. The van der Waals surface area contributed by atoms with Crippen molar-refractivity contribution in [1.82, 2.24) is 31.1 Å². The molecule has 3 rings (SSSR count). The molecule has 13 heteroatoms. The summed E-state index contributed by atoms with van der Waals surface area (Å²) in [7, 11) is 6.09. The quantitative estimate of drug-likeness (QED) is 0.300. The van der Waals surface area contributed by atoms with Crippen molar-refractivity contribution in [2.45, 2.75) is 78.6 Å². The first-order valence-corrected chi connectivity index (χ1v) is 16.3. The molecule has 6 amide bonds. The van der Waals surface area contributed by atoms with Gasteiger partial charge < -0.3 is 30.9 Å². The molecular weight excluding hydrogens is 628 g/mol. The maximum absolute atomic E-state index is 12.6. The highest BCUT2D eigenvalue weighted by Crippen LogP contribution is 2.44. The van der Waals surface area contributed by atoms with Crippen LogP contribution in [0.5, 0.6) is 0 Å². The number of likely N-dealkylation sites (N-methyl/N-ethyl adjacent to an activating group) is 4. The molecule has 0 radical (unpaired) electrons. The van der Waals surface area contributed by atoms with Crippen molar-refractivity contribution < 1.29 is 33.5 Å². The molecule has 0 aliphatic heterocycles. The highest BCUT2D eigenvalue weighted by Gasteiger charge is 2.32. The molecule has 0 spiro atoms. The van der Waals surface area contributed by atoms with Gasteiger partial charge in [-0.15, -0.1) is 0 Å². The molecule has 2 aromatic rings. The van der Waals surface area contributed by atoms with Crippen molar-refractivity contribution in [3.63, 3.8) is 0 Å². The zero-order valence-corrected chi connectivity index (χ0v) is 30.5. The summed E-state index contributed by atoms with van der Waals surface area (Å²) in [6.45, 7) is 12.0. The molecule has 0 aromatic heterocycles. The van der Waals surface area contributed by atoms with Gasteiger partial charge in [0.15, 0.2) is 0 Å². The second kappa shape index (κ2) is 17.5. The third-order valence-electron chi connectivity index (χ3n) is 8.50. The molecule has 1 aliphatic rings. The van der Waals surface area contributed by atoms with Crippen molar-refractivity contribution in [1.29, 1.82) is 0 Å². The minimum absolute atomic E-state index is 0.0489. The van der Waals surface area contributed by atoms with Crippen molar-refractivity contribution in [2.75, 3.05) is 34.8 Å². The number of benzene rings is 2. The number of hydrogen-bond acceptors (Lipinski definition) is 7. The van der Waals surface area contributed by atoms with Crippen LogP contribution in [0.4, 0.5) is 4.79 Å². The van der Waals surface area contributed by atoms with E-state index in [9.17, 15) is 28.8 Å². The standard InChI is InChI=1S/C23H27N3O4.C13H25N3O3/c1-14(21(27)24-3)25-22(28)15(2)26(4)23(29)30-13-20-18-11-7-5-9-16(18)17-10-6-8-12-19(17)20;1-8(10(17)14-6)15-11(18)9(2)16(7)12(19)13(3,4)5/h5-12,14-15,20H,13H2,1-4H3,(H,24,27)(H,25,28);8-9H,1-7H3,(H,14,17)(H,15,18). The molecule has 49 heavy (non-hydrogen) atoms. The minimum atomic E-state index is -0.784. The molecule has 4 unspecified atom stereocenters. The number of carbonyl (C=O) groups excluding carboxylic acids is 6. The topological polar surface area (TPSA) is 166 Å². The Kier molecular flexibility index (Phi) is 14.3. The van der Waals surface area contributed by atoms with Crippen molar-refractivity contribution in [3.8, 4) is 11.1 Å². The second-order valence-corrected chi connectivity index (χ2v) is 13.1. The number of fused-ring (bicyclic) bond motifs is 3. The van der Waals surface area contributed by atoms with Gasteiger partial charge in [0.2, 0.25) is 29.5 Å². The van der Waals surface area contributed by atoms with E-state index in [4.69, 9.17) is 4.74 Å². The number of hydrogen-bond donors (Lipinski definition) is 4. The van der Waals surface area contributed by atoms with Gasteiger partial charge in [0.05, 0.1) is 0 Å². The molecule has 0 heterocycles. The van der Waals surface area contributed by atoms with Crippen LogP contribution in [-0.2, 0) is 28.7 Å². The number of nitrogens with one attached hydrogen (secondary N) is 4. The van der Waals surface area contributed by atoms with Crippen LogP contribution in [0.25, 0.3) is 11.1 Å².